The van der Waals surface area contributed by atoms with Crippen LogP contribution in [0.5, 0.6) is 0 Å². The number of hydrogen-bond acceptors (Lipinski definition) is 3. The van der Waals surface area contributed by atoms with Gasteiger partial charge in [0.1, 0.15) is 0 Å². The quantitative estimate of drug-likeness (QED) is 0.736. The van der Waals surface area contributed by atoms with Crippen LogP contribution < -0.4 is 11.1 Å². The van der Waals surface area contributed by atoms with Crippen molar-refractivity contribution < 1.29 is 5.11 Å². The van der Waals surface area contributed by atoms with Gasteiger partial charge in [0, 0.05) is 12.6 Å². The van der Waals surface area contributed by atoms with Gasteiger partial charge in [0.25, 0.3) is 0 Å². The molecule has 100 valence electrons. The van der Waals surface area contributed by atoms with Gasteiger partial charge in [0.05, 0.1) is 17.3 Å². The van der Waals surface area contributed by atoms with Gasteiger partial charge < -0.3 is 16.2 Å². The average Bonchev–Trinajstić information content (AvgIpc) is 2.40. The number of aliphatic hydroxyl groups excluding tert-OH is 1. The Bertz CT molecular complexity index is 397. The number of benzene rings is 1. The van der Waals surface area contributed by atoms with Gasteiger partial charge in [-0.1, -0.05) is 30.5 Å². The summed E-state index contributed by atoms with van der Waals surface area (Å²) in [6.45, 7) is 0.843. The third-order valence-electron chi connectivity index (χ3n) is 3.74. The van der Waals surface area contributed by atoms with E-state index in [0.717, 1.165) is 6.42 Å². The molecule has 1 saturated carbocycles. The Kier molecular flexibility index (Phi) is 4.87. The standard InChI is InChI=1S/C14H21ClN2O/c15-12-9-10(5-6-13(12)16)11-3-1-2-4-14(11)17-7-8-18/h5-6,9,11,14,17-18H,1-4,7-8,16H2. The molecule has 0 saturated heterocycles. The zero-order chi connectivity index (χ0) is 13.0. The minimum atomic E-state index is 0.186. The number of nitrogens with two attached hydrogens (primary N) is 1. The Morgan fingerprint density at radius 3 is 2.83 bits per heavy atom. The first-order valence-electron chi connectivity index (χ1n) is 6.61. The third kappa shape index (κ3) is 3.16. The molecule has 1 aromatic carbocycles. The van der Waals surface area contributed by atoms with Crippen molar-refractivity contribution in [2.24, 2.45) is 0 Å². The molecule has 4 heteroatoms. The fraction of sp³-hybridized carbons (Fsp3) is 0.571. The first-order chi connectivity index (χ1) is 8.72. The molecule has 0 spiro atoms. The Balaban J connectivity index is 2.14. The van der Waals surface area contributed by atoms with Crippen LogP contribution in [0.4, 0.5) is 5.69 Å². The summed E-state index contributed by atoms with van der Waals surface area (Å²) in [7, 11) is 0. The van der Waals surface area contributed by atoms with E-state index >= 15 is 0 Å². The molecule has 0 amide bonds. The van der Waals surface area contributed by atoms with E-state index in [1.54, 1.807) is 0 Å². The Morgan fingerprint density at radius 1 is 1.33 bits per heavy atom. The molecule has 1 aliphatic rings. The number of nitrogens with one attached hydrogen (secondary N) is 1. The summed E-state index contributed by atoms with van der Waals surface area (Å²) in [5.41, 5.74) is 7.64. The van der Waals surface area contributed by atoms with Crippen molar-refractivity contribution in [3.8, 4) is 0 Å². The molecule has 3 nitrogen and oxygen atoms in total. The van der Waals surface area contributed by atoms with Crippen LogP contribution in [0, 0.1) is 0 Å². The van der Waals surface area contributed by atoms with Crippen LogP contribution in [0.15, 0.2) is 18.2 Å². The molecule has 0 aromatic heterocycles. The highest BCUT2D eigenvalue weighted by Gasteiger charge is 2.26. The van der Waals surface area contributed by atoms with Crippen LogP contribution in [0.2, 0.25) is 5.02 Å². The number of rotatable bonds is 4. The maximum Gasteiger partial charge on any atom is 0.0638 e. The first-order valence-corrected chi connectivity index (χ1v) is 6.99. The molecule has 2 unspecified atom stereocenters. The first kappa shape index (κ1) is 13.7. The van der Waals surface area contributed by atoms with Crippen molar-refractivity contribution in [3.63, 3.8) is 0 Å². The number of hydrogen-bond donors (Lipinski definition) is 3. The SMILES string of the molecule is Nc1ccc(C2CCCCC2NCCO)cc1Cl. The van der Waals surface area contributed by atoms with Gasteiger partial charge in [-0.2, -0.15) is 0 Å². The molecule has 1 aromatic rings. The van der Waals surface area contributed by atoms with E-state index in [0.29, 0.717) is 29.2 Å². The highest BCUT2D eigenvalue weighted by atomic mass is 35.5. The Hall–Kier alpha value is -0.770. The van der Waals surface area contributed by atoms with E-state index in [2.05, 4.69) is 11.4 Å². The van der Waals surface area contributed by atoms with Crippen molar-refractivity contribution in [2.45, 2.75) is 37.6 Å². The summed E-state index contributed by atoms with van der Waals surface area (Å²) in [4.78, 5) is 0. The fourth-order valence-corrected chi connectivity index (χ4v) is 2.99. The predicted molar refractivity (Wildman–Crippen MR) is 75.9 cm³/mol. The van der Waals surface area contributed by atoms with E-state index in [4.69, 9.17) is 22.4 Å². The number of nitrogen functional groups attached to an aromatic ring is 1. The predicted octanol–water partition coefficient (Wildman–Crippen LogP) is 2.53. The zero-order valence-corrected chi connectivity index (χ0v) is 11.3. The van der Waals surface area contributed by atoms with Crippen LogP contribution in [-0.2, 0) is 0 Å². The van der Waals surface area contributed by atoms with Crippen molar-refractivity contribution >= 4 is 17.3 Å². The maximum absolute atomic E-state index is 8.93. The van der Waals surface area contributed by atoms with E-state index < -0.39 is 0 Å². The van der Waals surface area contributed by atoms with Crippen molar-refractivity contribution in [3.05, 3.63) is 28.8 Å². The van der Waals surface area contributed by atoms with Crippen LogP contribution in [0.1, 0.15) is 37.2 Å². The second kappa shape index (κ2) is 6.41. The Labute approximate surface area is 113 Å². The summed E-state index contributed by atoms with van der Waals surface area (Å²) in [5, 5.41) is 13.0. The third-order valence-corrected chi connectivity index (χ3v) is 4.06. The minimum Gasteiger partial charge on any atom is -0.398 e. The summed E-state index contributed by atoms with van der Waals surface area (Å²) >= 11 is 6.10. The molecule has 1 fully saturated rings. The van der Waals surface area contributed by atoms with Crippen LogP contribution in [-0.4, -0.2) is 24.3 Å². The monoisotopic (exact) mass is 268 g/mol. The molecule has 18 heavy (non-hydrogen) atoms. The van der Waals surface area contributed by atoms with Crippen LogP contribution in [0.3, 0.4) is 0 Å². The number of anilines is 1. The fourth-order valence-electron chi connectivity index (χ4n) is 2.80. The van der Waals surface area contributed by atoms with Gasteiger partial charge >= 0.3 is 0 Å². The number of aliphatic hydroxyl groups is 1. The normalized spacial score (nSPS) is 24.1. The average molecular weight is 269 g/mol. The molecular formula is C14H21ClN2O. The lowest BCUT2D eigenvalue weighted by Gasteiger charge is -2.32. The van der Waals surface area contributed by atoms with Crippen LogP contribution in [0.25, 0.3) is 0 Å². The molecule has 0 bridgehead atoms. The van der Waals surface area contributed by atoms with E-state index in [-0.39, 0.29) is 6.61 Å². The van der Waals surface area contributed by atoms with Gasteiger partial charge in [-0.3, -0.25) is 0 Å². The van der Waals surface area contributed by atoms with Crippen molar-refractivity contribution in [1.82, 2.24) is 5.32 Å². The highest BCUT2D eigenvalue weighted by molar-refractivity contribution is 6.33. The van der Waals surface area contributed by atoms with Gasteiger partial charge in [0.15, 0.2) is 0 Å². The Morgan fingerprint density at radius 2 is 2.11 bits per heavy atom. The molecule has 2 rings (SSSR count). The molecule has 4 N–H and O–H groups in total. The zero-order valence-electron chi connectivity index (χ0n) is 10.5. The summed E-state index contributed by atoms with van der Waals surface area (Å²) < 4.78 is 0. The molecule has 2 atom stereocenters. The molecule has 1 aliphatic carbocycles. The summed E-state index contributed by atoms with van der Waals surface area (Å²) in [6, 6.07) is 6.38. The summed E-state index contributed by atoms with van der Waals surface area (Å²) in [6.07, 6.45) is 4.84. The van der Waals surface area contributed by atoms with Crippen molar-refractivity contribution in [2.75, 3.05) is 18.9 Å². The van der Waals surface area contributed by atoms with Gasteiger partial charge in [0.2, 0.25) is 0 Å². The number of halogens is 1. The molecular weight excluding hydrogens is 248 g/mol. The molecule has 0 aliphatic heterocycles. The second-order valence-corrected chi connectivity index (χ2v) is 5.36. The molecule has 0 heterocycles. The van der Waals surface area contributed by atoms with Gasteiger partial charge in [-0.05, 0) is 36.5 Å². The van der Waals surface area contributed by atoms with E-state index in [1.807, 2.05) is 12.1 Å². The van der Waals surface area contributed by atoms with Gasteiger partial charge in [-0.15, -0.1) is 0 Å². The van der Waals surface area contributed by atoms with Gasteiger partial charge in [-0.25, -0.2) is 0 Å². The second-order valence-electron chi connectivity index (χ2n) is 4.96. The van der Waals surface area contributed by atoms with E-state index in [1.165, 1.54) is 24.8 Å². The minimum absolute atomic E-state index is 0.186. The maximum atomic E-state index is 8.93. The lowest BCUT2D eigenvalue weighted by atomic mass is 9.80. The topological polar surface area (TPSA) is 58.3 Å². The lowest BCUT2D eigenvalue weighted by Crippen LogP contribution is -2.38. The molecule has 0 radical (unpaired) electrons. The van der Waals surface area contributed by atoms with E-state index in [9.17, 15) is 0 Å². The highest BCUT2D eigenvalue weighted by Crippen LogP contribution is 2.35. The summed E-state index contributed by atoms with van der Waals surface area (Å²) in [5.74, 6) is 0.475. The largest absolute Gasteiger partial charge is 0.398 e. The smallest absolute Gasteiger partial charge is 0.0638 e. The van der Waals surface area contributed by atoms with Crippen LogP contribution >= 0.6 is 11.6 Å². The lowest BCUT2D eigenvalue weighted by molar-refractivity contribution is 0.260. The van der Waals surface area contributed by atoms with Crippen molar-refractivity contribution in [1.29, 1.82) is 0 Å².